The van der Waals surface area contributed by atoms with Crippen molar-refractivity contribution >= 4 is 17.4 Å². The van der Waals surface area contributed by atoms with Crippen LogP contribution in [0.3, 0.4) is 0 Å². The van der Waals surface area contributed by atoms with Crippen molar-refractivity contribution in [2.24, 2.45) is 0 Å². The maximum atomic E-state index is 6.34. The quantitative estimate of drug-likeness (QED) is 0.647. The molecule has 0 unspecified atom stereocenters. The maximum Gasteiger partial charge on any atom is 0.261 e. The van der Waals surface area contributed by atoms with Crippen molar-refractivity contribution in [1.82, 2.24) is 20.0 Å². The van der Waals surface area contributed by atoms with Crippen LogP contribution in [0.5, 0.6) is 0 Å². The van der Waals surface area contributed by atoms with E-state index in [-0.39, 0.29) is 0 Å². The highest BCUT2D eigenvalue weighted by Gasteiger charge is 2.21. The molecule has 0 aliphatic carbocycles. The van der Waals surface area contributed by atoms with Gasteiger partial charge >= 0.3 is 0 Å². The van der Waals surface area contributed by atoms with Crippen molar-refractivity contribution in [2.45, 2.75) is 26.3 Å². The Balaban J connectivity index is 1.50. The van der Waals surface area contributed by atoms with E-state index in [1.54, 1.807) is 0 Å². The highest BCUT2D eigenvalue weighted by Crippen LogP contribution is 2.28. The molecule has 1 aliphatic heterocycles. The Kier molecular flexibility index (Phi) is 5.88. The summed E-state index contributed by atoms with van der Waals surface area (Å²) in [5, 5.41) is 4.86. The third-order valence-corrected chi connectivity index (χ3v) is 5.41. The summed E-state index contributed by atoms with van der Waals surface area (Å²) in [5.74, 6) is 2.16. The van der Waals surface area contributed by atoms with Gasteiger partial charge in [0.2, 0.25) is 0 Å². The number of pyridine rings is 1. The lowest BCUT2D eigenvalue weighted by Gasteiger charge is -2.24. The highest BCUT2D eigenvalue weighted by atomic mass is 35.5. The Bertz CT molecular complexity index is 928. The second-order valence-electron chi connectivity index (χ2n) is 6.95. The first kappa shape index (κ1) is 18.9. The topological polar surface area (TPSA) is 58.3 Å². The fourth-order valence-corrected chi connectivity index (χ4v) is 3.73. The van der Waals surface area contributed by atoms with Crippen LogP contribution in [0.4, 0.5) is 5.82 Å². The first-order valence-corrected chi connectivity index (χ1v) is 10.1. The van der Waals surface area contributed by atoms with E-state index in [4.69, 9.17) is 16.1 Å². The summed E-state index contributed by atoms with van der Waals surface area (Å²) >= 11 is 6.34. The number of rotatable bonds is 5. The van der Waals surface area contributed by atoms with E-state index >= 15 is 0 Å². The number of hydrogen-bond acceptors (Lipinski definition) is 6. The molecule has 4 rings (SSSR count). The van der Waals surface area contributed by atoms with Crippen molar-refractivity contribution in [3.63, 3.8) is 0 Å². The lowest BCUT2D eigenvalue weighted by Crippen LogP contribution is -2.31. The second kappa shape index (κ2) is 8.71. The molecule has 7 heteroatoms. The predicted molar refractivity (Wildman–Crippen MR) is 110 cm³/mol. The Morgan fingerprint density at radius 1 is 1.07 bits per heavy atom. The fraction of sp³-hybridized carbons (Fsp3) is 0.381. The zero-order valence-corrected chi connectivity index (χ0v) is 16.8. The normalized spacial score (nSPS) is 15.6. The van der Waals surface area contributed by atoms with Gasteiger partial charge < -0.3 is 9.42 Å². The van der Waals surface area contributed by atoms with Gasteiger partial charge in [0.1, 0.15) is 5.82 Å². The molecular formula is C21H24ClN5O. The summed E-state index contributed by atoms with van der Waals surface area (Å²) in [5.41, 5.74) is 2.07. The van der Waals surface area contributed by atoms with E-state index in [9.17, 15) is 0 Å². The van der Waals surface area contributed by atoms with Gasteiger partial charge in [0.05, 0.1) is 5.56 Å². The Hall–Kier alpha value is -2.44. The van der Waals surface area contributed by atoms with Crippen LogP contribution in [0.1, 0.15) is 24.7 Å². The predicted octanol–water partition coefficient (Wildman–Crippen LogP) is 4.06. The van der Waals surface area contributed by atoms with Crippen LogP contribution < -0.4 is 4.90 Å². The van der Waals surface area contributed by atoms with E-state index in [0.717, 1.165) is 62.0 Å². The van der Waals surface area contributed by atoms with Crippen LogP contribution in [-0.4, -0.2) is 46.2 Å². The molecule has 0 amide bonds. The van der Waals surface area contributed by atoms with Gasteiger partial charge in [0.15, 0.2) is 5.82 Å². The third kappa shape index (κ3) is 4.18. The summed E-state index contributed by atoms with van der Waals surface area (Å²) in [6, 6.07) is 12.0. The van der Waals surface area contributed by atoms with Crippen LogP contribution in [0, 0.1) is 0 Å². The van der Waals surface area contributed by atoms with Gasteiger partial charge in [-0.2, -0.15) is 4.98 Å². The number of anilines is 1. The zero-order chi connectivity index (χ0) is 19.3. The summed E-state index contributed by atoms with van der Waals surface area (Å²) in [6.07, 6.45) is 3.63. The number of nitrogens with zero attached hydrogens (tertiary/aromatic N) is 5. The molecule has 0 spiro atoms. The molecule has 1 aliphatic rings. The first-order chi connectivity index (χ1) is 13.7. The molecule has 1 saturated heterocycles. The van der Waals surface area contributed by atoms with Gasteiger partial charge in [0.25, 0.3) is 5.89 Å². The molecule has 0 bridgehead atoms. The van der Waals surface area contributed by atoms with Gasteiger partial charge in [-0.15, -0.1) is 0 Å². The van der Waals surface area contributed by atoms with Crippen molar-refractivity contribution in [3.8, 4) is 11.5 Å². The van der Waals surface area contributed by atoms with E-state index in [1.165, 1.54) is 5.56 Å². The minimum Gasteiger partial charge on any atom is -0.355 e. The molecule has 3 heterocycles. The molecule has 0 N–H and O–H groups in total. The average Bonchev–Trinajstić information content (AvgIpc) is 3.09. The maximum absolute atomic E-state index is 6.34. The van der Waals surface area contributed by atoms with E-state index in [0.29, 0.717) is 11.7 Å². The monoisotopic (exact) mass is 397 g/mol. The number of aromatic nitrogens is 3. The summed E-state index contributed by atoms with van der Waals surface area (Å²) in [4.78, 5) is 13.9. The number of hydrogen-bond donors (Lipinski definition) is 0. The van der Waals surface area contributed by atoms with Crippen LogP contribution >= 0.6 is 11.6 Å². The average molecular weight is 398 g/mol. The highest BCUT2D eigenvalue weighted by molar-refractivity contribution is 6.31. The second-order valence-corrected chi connectivity index (χ2v) is 7.36. The van der Waals surface area contributed by atoms with E-state index in [1.807, 2.05) is 43.5 Å². The molecular weight excluding hydrogens is 374 g/mol. The largest absolute Gasteiger partial charge is 0.355 e. The van der Waals surface area contributed by atoms with Gasteiger partial charge in [-0.25, -0.2) is 4.98 Å². The number of aryl methyl sites for hydroxylation is 1. The zero-order valence-electron chi connectivity index (χ0n) is 16.0. The minimum atomic E-state index is 0.539. The molecule has 0 atom stereocenters. The van der Waals surface area contributed by atoms with Crippen molar-refractivity contribution in [1.29, 1.82) is 0 Å². The Morgan fingerprint density at radius 2 is 1.96 bits per heavy atom. The molecule has 3 aromatic rings. The van der Waals surface area contributed by atoms with Crippen molar-refractivity contribution in [3.05, 3.63) is 59.0 Å². The molecule has 6 nitrogen and oxygen atoms in total. The summed E-state index contributed by atoms with van der Waals surface area (Å²) in [7, 11) is 0. The molecule has 2 aromatic heterocycles. The Labute approximate surface area is 170 Å². The molecule has 0 radical (unpaired) electrons. The summed E-state index contributed by atoms with van der Waals surface area (Å²) in [6.45, 7) is 6.70. The van der Waals surface area contributed by atoms with E-state index in [2.05, 4.69) is 31.0 Å². The molecule has 28 heavy (non-hydrogen) atoms. The third-order valence-electron chi connectivity index (χ3n) is 5.04. The number of benzene rings is 1. The van der Waals surface area contributed by atoms with Crippen LogP contribution in [-0.2, 0) is 13.0 Å². The SMILES string of the molecule is CCc1noc(-c2cccnc2N2CCCN(Cc3ccccc3Cl)CC2)n1. The summed E-state index contributed by atoms with van der Waals surface area (Å²) < 4.78 is 5.46. The van der Waals surface area contributed by atoms with Gasteiger partial charge in [-0.1, -0.05) is 41.9 Å². The number of halogens is 1. The smallest absolute Gasteiger partial charge is 0.261 e. The molecule has 0 saturated carbocycles. The van der Waals surface area contributed by atoms with Crippen LogP contribution in [0.15, 0.2) is 47.1 Å². The fourth-order valence-electron chi connectivity index (χ4n) is 3.53. The van der Waals surface area contributed by atoms with Crippen LogP contribution in [0.2, 0.25) is 5.02 Å². The Morgan fingerprint density at radius 3 is 2.79 bits per heavy atom. The molecule has 1 aromatic carbocycles. The lowest BCUT2D eigenvalue weighted by molar-refractivity contribution is 0.285. The molecule has 146 valence electrons. The molecule has 1 fully saturated rings. The van der Waals surface area contributed by atoms with Gasteiger partial charge in [-0.3, -0.25) is 4.90 Å². The van der Waals surface area contributed by atoms with Crippen molar-refractivity contribution < 1.29 is 4.52 Å². The van der Waals surface area contributed by atoms with Gasteiger partial charge in [0, 0.05) is 50.4 Å². The van der Waals surface area contributed by atoms with Gasteiger partial charge in [-0.05, 0) is 30.2 Å². The lowest BCUT2D eigenvalue weighted by atomic mass is 10.2. The first-order valence-electron chi connectivity index (χ1n) is 9.73. The van der Waals surface area contributed by atoms with Crippen molar-refractivity contribution in [2.75, 3.05) is 31.1 Å². The standard InChI is InChI=1S/C21H24ClN5O/c1-2-19-24-21(28-25-19)17-8-5-10-23-20(17)27-12-6-11-26(13-14-27)15-16-7-3-4-9-18(16)22/h3-5,7-10H,2,6,11-15H2,1H3. The van der Waals surface area contributed by atoms with E-state index < -0.39 is 0 Å². The van der Waals surface area contributed by atoms with Crippen LogP contribution in [0.25, 0.3) is 11.5 Å². The minimum absolute atomic E-state index is 0.539.